The van der Waals surface area contributed by atoms with Crippen LogP contribution in [0, 0.1) is 0 Å². The van der Waals surface area contributed by atoms with E-state index in [2.05, 4.69) is 33.9 Å². The third-order valence-corrected chi connectivity index (χ3v) is 6.35. The number of hydrogen-bond acceptors (Lipinski definition) is 6. The van der Waals surface area contributed by atoms with Crippen molar-refractivity contribution in [2.45, 2.75) is 82.0 Å². The maximum absolute atomic E-state index is 12.6. The Hall–Kier alpha value is -2.22. The Balaban J connectivity index is 1.69. The van der Waals surface area contributed by atoms with Gasteiger partial charge in [-0.25, -0.2) is 0 Å². The predicted molar refractivity (Wildman–Crippen MR) is 118 cm³/mol. The van der Waals surface area contributed by atoms with E-state index in [0.717, 1.165) is 35.3 Å². The van der Waals surface area contributed by atoms with Gasteiger partial charge in [-0.1, -0.05) is 24.6 Å². The molecule has 1 aromatic carbocycles. The van der Waals surface area contributed by atoms with E-state index in [-0.39, 0.29) is 23.3 Å². The van der Waals surface area contributed by atoms with Gasteiger partial charge >= 0.3 is 0 Å². The summed E-state index contributed by atoms with van der Waals surface area (Å²) in [6.45, 7) is 8.05. The van der Waals surface area contributed by atoms with Crippen LogP contribution >= 0.6 is 11.8 Å². The minimum atomic E-state index is -0.287. The van der Waals surface area contributed by atoms with E-state index < -0.39 is 0 Å². The Morgan fingerprint density at radius 1 is 1.10 bits per heavy atom. The largest absolute Gasteiger partial charge is 0.497 e. The molecule has 8 heteroatoms. The van der Waals surface area contributed by atoms with Crippen molar-refractivity contribution >= 4 is 17.7 Å². The lowest BCUT2D eigenvalue weighted by Crippen LogP contribution is -2.37. The summed E-state index contributed by atoms with van der Waals surface area (Å²) < 4.78 is 13.3. The number of carbonyl (C=O) groups excluding carboxylic acids is 1. The fourth-order valence-corrected chi connectivity index (χ4v) is 4.64. The van der Waals surface area contributed by atoms with Gasteiger partial charge in [0.25, 0.3) is 0 Å². The third-order valence-electron chi connectivity index (χ3n) is 5.30. The zero-order valence-corrected chi connectivity index (χ0v) is 19.2. The summed E-state index contributed by atoms with van der Waals surface area (Å²) in [5.74, 6) is 2.32. The van der Waals surface area contributed by atoms with Crippen molar-refractivity contribution in [3.8, 4) is 11.5 Å². The number of rotatable bonds is 9. The lowest BCUT2D eigenvalue weighted by atomic mass is 10.2. The Bertz CT molecular complexity index is 831. The second-order valence-corrected chi connectivity index (χ2v) is 9.30. The lowest BCUT2D eigenvalue weighted by molar-refractivity contribution is -0.120. The maximum Gasteiger partial charge on any atom is 0.233 e. The molecule has 0 radical (unpaired) electrons. The van der Waals surface area contributed by atoms with E-state index in [1.807, 2.05) is 38.1 Å². The highest BCUT2D eigenvalue weighted by molar-refractivity contribution is 8.00. The number of ether oxygens (including phenoxy) is 2. The molecule has 1 aliphatic carbocycles. The van der Waals surface area contributed by atoms with Crippen LogP contribution in [0.15, 0.2) is 29.4 Å². The van der Waals surface area contributed by atoms with Gasteiger partial charge in [-0.05, 0) is 64.8 Å². The molecule has 1 aromatic heterocycles. The molecular weight excluding hydrogens is 400 g/mol. The molecule has 1 aliphatic rings. The molecule has 0 bridgehead atoms. The van der Waals surface area contributed by atoms with Crippen molar-refractivity contribution in [3.63, 3.8) is 0 Å². The van der Waals surface area contributed by atoms with Gasteiger partial charge in [0, 0.05) is 12.1 Å². The van der Waals surface area contributed by atoms with Crippen LogP contribution in [0.2, 0.25) is 0 Å². The molecular formula is C22H32N4O3S. The number of aromatic nitrogens is 3. The van der Waals surface area contributed by atoms with Gasteiger partial charge in [-0.3, -0.25) is 4.79 Å². The summed E-state index contributed by atoms with van der Waals surface area (Å²) in [7, 11) is 1.64. The van der Waals surface area contributed by atoms with Gasteiger partial charge in [-0.15, -0.1) is 10.2 Å². The average molecular weight is 433 g/mol. The van der Waals surface area contributed by atoms with Crippen LogP contribution in [0.5, 0.6) is 11.5 Å². The van der Waals surface area contributed by atoms with E-state index in [4.69, 9.17) is 9.47 Å². The minimum absolute atomic E-state index is 0.0642. The van der Waals surface area contributed by atoms with Crippen LogP contribution in [0.3, 0.4) is 0 Å². The Morgan fingerprint density at radius 3 is 2.33 bits per heavy atom. The van der Waals surface area contributed by atoms with Crippen LogP contribution in [-0.4, -0.2) is 39.1 Å². The summed E-state index contributed by atoms with van der Waals surface area (Å²) in [4.78, 5) is 12.6. The van der Waals surface area contributed by atoms with Crippen molar-refractivity contribution in [2.24, 2.45) is 0 Å². The molecule has 0 aliphatic heterocycles. The van der Waals surface area contributed by atoms with E-state index in [1.165, 1.54) is 24.6 Å². The number of nitrogens with zero attached hydrogens (tertiary/aromatic N) is 3. The first-order valence-corrected chi connectivity index (χ1v) is 11.5. The molecule has 1 N–H and O–H groups in total. The Labute approximate surface area is 182 Å². The highest BCUT2D eigenvalue weighted by atomic mass is 32.2. The standard InChI is InChI=1S/C22H32N4O3S/c1-14(2)26-20(15(3)29-19-12-10-18(28-5)11-13-19)24-25-22(26)30-16(4)21(27)23-17-8-6-7-9-17/h10-17H,6-9H2,1-5H3,(H,23,27). The van der Waals surface area contributed by atoms with Crippen molar-refractivity contribution in [2.75, 3.05) is 7.11 Å². The summed E-state index contributed by atoms with van der Waals surface area (Å²) in [6, 6.07) is 7.93. The quantitative estimate of drug-likeness (QED) is 0.586. The molecule has 3 rings (SSSR count). The molecule has 1 amide bonds. The van der Waals surface area contributed by atoms with Gasteiger partial charge in [0.05, 0.1) is 12.4 Å². The molecule has 2 atom stereocenters. The zero-order chi connectivity index (χ0) is 21.7. The van der Waals surface area contributed by atoms with Crippen LogP contribution < -0.4 is 14.8 Å². The van der Waals surface area contributed by atoms with E-state index in [9.17, 15) is 4.79 Å². The molecule has 1 fully saturated rings. The summed E-state index contributed by atoms with van der Waals surface area (Å²) in [5, 5.41) is 12.4. The fraction of sp³-hybridized carbons (Fsp3) is 0.591. The van der Waals surface area contributed by atoms with Gasteiger partial charge in [0.1, 0.15) is 11.5 Å². The first-order chi connectivity index (χ1) is 14.4. The lowest BCUT2D eigenvalue weighted by Gasteiger charge is -2.20. The first-order valence-electron chi connectivity index (χ1n) is 10.6. The van der Waals surface area contributed by atoms with Gasteiger partial charge in [0.15, 0.2) is 17.1 Å². The summed E-state index contributed by atoms with van der Waals surface area (Å²) in [6.07, 6.45) is 4.27. The van der Waals surface area contributed by atoms with Crippen LogP contribution in [0.1, 0.15) is 71.3 Å². The van der Waals surface area contributed by atoms with Crippen LogP contribution in [0.25, 0.3) is 0 Å². The molecule has 2 aromatic rings. The maximum atomic E-state index is 12.6. The average Bonchev–Trinajstić information content (AvgIpc) is 3.38. The second kappa shape index (κ2) is 10.2. The Kier molecular flexibility index (Phi) is 7.64. The third kappa shape index (κ3) is 5.47. The number of amides is 1. The van der Waals surface area contributed by atoms with Gasteiger partial charge in [-0.2, -0.15) is 0 Å². The number of hydrogen-bond donors (Lipinski definition) is 1. The smallest absolute Gasteiger partial charge is 0.233 e. The highest BCUT2D eigenvalue weighted by Crippen LogP contribution is 2.30. The van der Waals surface area contributed by atoms with Crippen LogP contribution in [0.4, 0.5) is 0 Å². The normalized spacial score (nSPS) is 16.5. The Morgan fingerprint density at radius 2 is 1.73 bits per heavy atom. The topological polar surface area (TPSA) is 78.3 Å². The van der Waals surface area contributed by atoms with Crippen molar-refractivity contribution in [1.29, 1.82) is 0 Å². The predicted octanol–water partition coefficient (Wildman–Crippen LogP) is 4.55. The molecule has 7 nitrogen and oxygen atoms in total. The van der Waals surface area contributed by atoms with Crippen LogP contribution in [-0.2, 0) is 4.79 Å². The number of methoxy groups -OCH3 is 1. The van der Waals surface area contributed by atoms with Crippen molar-refractivity contribution in [3.05, 3.63) is 30.1 Å². The van der Waals surface area contributed by atoms with E-state index >= 15 is 0 Å². The number of benzene rings is 1. The summed E-state index contributed by atoms with van der Waals surface area (Å²) in [5.41, 5.74) is 0. The molecule has 1 heterocycles. The van der Waals surface area contributed by atoms with Crippen molar-refractivity contribution in [1.82, 2.24) is 20.1 Å². The summed E-state index contributed by atoms with van der Waals surface area (Å²) >= 11 is 1.44. The van der Waals surface area contributed by atoms with Gasteiger partial charge in [0.2, 0.25) is 5.91 Å². The van der Waals surface area contributed by atoms with E-state index in [1.54, 1.807) is 7.11 Å². The fourth-order valence-electron chi connectivity index (χ4n) is 3.64. The highest BCUT2D eigenvalue weighted by Gasteiger charge is 2.26. The molecule has 30 heavy (non-hydrogen) atoms. The van der Waals surface area contributed by atoms with E-state index in [0.29, 0.717) is 6.04 Å². The second-order valence-electron chi connectivity index (χ2n) is 7.99. The number of carbonyl (C=O) groups is 1. The zero-order valence-electron chi connectivity index (χ0n) is 18.4. The monoisotopic (exact) mass is 432 g/mol. The SMILES string of the molecule is COc1ccc(OC(C)c2nnc(SC(C)C(=O)NC3CCCC3)n2C(C)C)cc1. The minimum Gasteiger partial charge on any atom is -0.497 e. The molecule has 0 spiro atoms. The number of thioether (sulfide) groups is 1. The van der Waals surface area contributed by atoms with Crippen molar-refractivity contribution < 1.29 is 14.3 Å². The molecule has 164 valence electrons. The number of nitrogens with one attached hydrogen (secondary N) is 1. The molecule has 0 saturated heterocycles. The molecule has 1 saturated carbocycles. The van der Waals surface area contributed by atoms with Gasteiger partial charge < -0.3 is 19.4 Å². The molecule has 2 unspecified atom stereocenters. The first kappa shape index (κ1) is 22.5.